The topological polar surface area (TPSA) is 124 Å². The molecule has 18 heavy (non-hydrogen) atoms. The molecule has 1 aliphatic rings. The summed E-state index contributed by atoms with van der Waals surface area (Å²) in [4.78, 5) is 23.4. The Balaban J connectivity index is 2.72. The lowest BCUT2D eigenvalue weighted by Gasteiger charge is -2.36. The molecule has 0 aromatic heterocycles. The molecule has 2 rings (SSSR count). The van der Waals surface area contributed by atoms with E-state index in [4.69, 9.17) is 4.74 Å². The number of carbonyl (C=O) groups excluding carboxylic acids is 2. The Bertz CT molecular complexity index is 544. The summed E-state index contributed by atoms with van der Waals surface area (Å²) in [6, 6.07) is 3.60. The van der Waals surface area contributed by atoms with Crippen LogP contribution in [0.3, 0.4) is 0 Å². The largest absolute Gasteiger partial charge is 0.497 e. The van der Waals surface area contributed by atoms with Crippen molar-refractivity contribution in [3.05, 3.63) is 29.3 Å². The Morgan fingerprint density at radius 2 is 1.44 bits per heavy atom. The number of ketones is 2. The highest BCUT2D eigenvalue weighted by Gasteiger charge is 2.62. The minimum atomic E-state index is -3.59. The van der Waals surface area contributed by atoms with Crippen LogP contribution in [0.4, 0.5) is 0 Å². The van der Waals surface area contributed by atoms with Gasteiger partial charge in [-0.05, 0) is 18.2 Å². The quantitative estimate of drug-likeness (QED) is 0.446. The van der Waals surface area contributed by atoms with Gasteiger partial charge in [0.15, 0.2) is 0 Å². The first-order valence-corrected chi connectivity index (χ1v) is 4.90. The molecule has 7 heteroatoms. The van der Waals surface area contributed by atoms with Crippen molar-refractivity contribution in [1.82, 2.24) is 0 Å². The van der Waals surface area contributed by atoms with Crippen molar-refractivity contribution in [3.8, 4) is 5.75 Å². The first-order valence-electron chi connectivity index (χ1n) is 4.90. The SMILES string of the molecule is COc1ccc2c(c1)C(=O)C(O)(O)C(O)(O)C2=O. The van der Waals surface area contributed by atoms with Crippen molar-refractivity contribution in [3.63, 3.8) is 0 Å². The molecule has 0 saturated carbocycles. The van der Waals surface area contributed by atoms with E-state index in [0.717, 1.165) is 12.1 Å². The minimum absolute atomic E-state index is 0.217. The summed E-state index contributed by atoms with van der Waals surface area (Å²) in [5.41, 5.74) is -0.660. The van der Waals surface area contributed by atoms with Gasteiger partial charge in [-0.25, -0.2) is 0 Å². The normalized spacial score (nSPS) is 20.5. The molecule has 0 spiro atoms. The third kappa shape index (κ3) is 1.39. The monoisotopic (exact) mass is 254 g/mol. The van der Waals surface area contributed by atoms with Gasteiger partial charge >= 0.3 is 0 Å². The van der Waals surface area contributed by atoms with Crippen molar-refractivity contribution < 1.29 is 34.8 Å². The van der Waals surface area contributed by atoms with Gasteiger partial charge in [0.1, 0.15) is 5.75 Å². The van der Waals surface area contributed by atoms with Crippen LogP contribution >= 0.6 is 0 Å². The van der Waals surface area contributed by atoms with Crippen molar-refractivity contribution in [1.29, 1.82) is 0 Å². The molecule has 0 saturated heterocycles. The van der Waals surface area contributed by atoms with E-state index < -0.39 is 23.1 Å². The van der Waals surface area contributed by atoms with E-state index >= 15 is 0 Å². The lowest BCUT2D eigenvalue weighted by Crippen LogP contribution is -2.66. The zero-order valence-electron chi connectivity index (χ0n) is 9.25. The second kappa shape index (κ2) is 3.59. The van der Waals surface area contributed by atoms with Crippen molar-refractivity contribution >= 4 is 11.6 Å². The predicted octanol–water partition coefficient (Wildman–Crippen LogP) is -1.56. The average molecular weight is 254 g/mol. The third-order valence-corrected chi connectivity index (χ3v) is 2.84. The van der Waals surface area contributed by atoms with Crippen molar-refractivity contribution in [2.45, 2.75) is 11.6 Å². The molecule has 1 aliphatic carbocycles. The van der Waals surface area contributed by atoms with Gasteiger partial charge in [-0.15, -0.1) is 0 Å². The van der Waals surface area contributed by atoms with Crippen LogP contribution in [0.2, 0.25) is 0 Å². The van der Waals surface area contributed by atoms with E-state index in [2.05, 4.69) is 0 Å². The first kappa shape index (κ1) is 12.7. The average Bonchev–Trinajstić information content (AvgIpc) is 2.34. The molecule has 0 aliphatic heterocycles. The molecular formula is C11H10O7. The summed E-state index contributed by atoms with van der Waals surface area (Å²) in [7, 11) is 1.32. The third-order valence-electron chi connectivity index (χ3n) is 2.84. The number of fused-ring (bicyclic) bond motifs is 1. The Kier molecular flexibility index (Phi) is 2.53. The van der Waals surface area contributed by atoms with E-state index in [9.17, 15) is 30.0 Å². The first-order chi connectivity index (χ1) is 8.23. The Labute approximate surface area is 101 Å². The van der Waals surface area contributed by atoms with Crippen LogP contribution in [0.25, 0.3) is 0 Å². The molecule has 1 aromatic rings. The van der Waals surface area contributed by atoms with E-state index in [-0.39, 0.29) is 16.9 Å². The molecule has 0 unspecified atom stereocenters. The van der Waals surface area contributed by atoms with Crippen LogP contribution in [-0.4, -0.2) is 50.7 Å². The van der Waals surface area contributed by atoms with Crippen LogP contribution in [0.15, 0.2) is 18.2 Å². The summed E-state index contributed by atoms with van der Waals surface area (Å²) >= 11 is 0. The number of carbonyl (C=O) groups is 2. The molecule has 4 N–H and O–H groups in total. The highest BCUT2D eigenvalue weighted by molar-refractivity contribution is 6.20. The fourth-order valence-corrected chi connectivity index (χ4v) is 1.73. The Morgan fingerprint density at radius 1 is 0.944 bits per heavy atom. The van der Waals surface area contributed by atoms with E-state index in [0.29, 0.717) is 0 Å². The van der Waals surface area contributed by atoms with Gasteiger partial charge in [0.05, 0.1) is 7.11 Å². The lowest BCUT2D eigenvalue weighted by atomic mass is 9.80. The summed E-state index contributed by atoms with van der Waals surface area (Å²) in [5.74, 6) is -9.71. The number of aliphatic hydroxyl groups is 4. The Morgan fingerprint density at radius 3 is 1.94 bits per heavy atom. The zero-order chi connectivity index (χ0) is 13.7. The molecule has 0 atom stereocenters. The van der Waals surface area contributed by atoms with Crippen LogP contribution in [0, 0.1) is 0 Å². The van der Waals surface area contributed by atoms with Gasteiger partial charge in [-0.1, -0.05) is 0 Å². The number of Topliss-reactive ketones (excluding diaryl/α,β-unsaturated/α-hetero) is 2. The van der Waals surface area contributed by atoms with Crippen LogP contribution < -0.4 is 4.74 Å². The fraction of sp³-hybridized carbons (Fsp3) is 0.273. The molecule has 0 radical (unpaired) electrons. The number of methoxy groups -OCH3 is 1. The summed E-state index contributed by atoms with van der Waals surface area (Å²) in [6.07, 6.45) is 0. The summed E-state index contributed by atoms with van der Waals surface area (Å²) < 4.78 is 4.83. The zero-order valence-corrected chi connectivity index (χ0v) is 9.25. The lowest BCUT2D eigenvalue weighted by molar-refractivity contribution is -0.299. The van der Waals surface area contributed by atoms with E-state index in [1.807, 2.05) is 0 Å². The maximum Gasteiger partial charge on any atom is 0.292 e. The van der Waals surface area contributed by atoms with E-state index in [1.165, 1.54) is 13.2 Å². The Hall–Kier alpha value is -1.80. The van der Waals surface area contributed by atoms with Gasteiger partial charge in [-0.3, -0.25) is 9.59 Å². The summed E-state index contributed by atoms with van der Waals surface area (Å²) in [6.45, 7) is 0. The highest BCUT2D eigenvalue weighted by Crippen LogP contribution is 2.34. The number of hydrogen-bond acceptors (Lipinski definition) is 7. The standard InChI is InChI=1S/C11H10O7/c1-18-5-2-3-6-7(4-5)9(13)11(16,17)10(14,15)8(6)12/h2-4,14-17H,1H3. The number of rotatable bonds is 1. The summed E-state index contributed by atoms with van der Waals surface area (Å²) in [5, 5.41) is 37.5. The van der Waals surface area contributed by atoms with Crippen LogP contribution in [-0.2, 0) is 0 Å². The second-order valence-corrected chi connectivity index (χ2v) is 3.91. The fourth-order valence-electron chi connectivity index (χ4n) is 1.73. The molecule has 0 bridgehead atoms. The molecular weight excluding hydrogens is 244 g/mol. The molecule has 0 fully saturated rings. The molecule has 0 heterocycles. The van der Waals surface area contributed by atoms with Gasteiger partial charge < -0.3 is 25.2 Å². The van der Waals surface area contributed by atoms with Gasteiger partial charge in [-0.2, -0.15) is 0 Å². The minimum Gasteiger partial charge on any atom is -0.497 e. The van der Waals surface area contributed by atoms with Gasteiger partial charge in [0.25, 0.3) is 11.6 Å². The molecule has 7 nitrogen and oxygen atoms in total. The highest BCUT2D eigenvalue weighted by atomic mass is 16.6. The van der Waals surface area contributed by atoms with Gasteiger partial charge in [0.2, 0.25) is 11.6 Å². The smallest absolute Gasteiger partial charge is 0.292 e. The maximum absolute atomic E-state index is 11.7. The molecule has 1 aromatic carbocycles. The second-order valence-electron chi connectivity index (χ2n) is 3.91. The number of hydrogen-bond donors (Lipinski definition) is 4. The maximum atomic E-state index is 11.7. The van der Waals surface area contributed by atoms with Gasteiger partial charge in [0, 0.05) is 11.1 Å². The van der Waals surface area contributed by atoms with Crippen LogP contribution in [0.5, 0.6) is 5.75 Å². The number of benzene rings is 1. The molecule has 0 amide bonds. The van der Waals surface area contributed by atoms with Crippen molar-refractivity contribution in [2.24, 2.45) is 0 Å². The molecule has 96 valence electrons. The van der Waals surface area contributed by atoms with E-state index in [1.54, 1.807) is 0 Å². The predicted molar refractivity (Wildman–Crippen MR) is 56.0 cm³/mol. The number of ether oxygens (including phenoxy) is 1. The van der Waals surface area contributed by atoms with Crippen LogP contribution in [0.1, 0.15) is 20.7 Å². The van der Waals surface area contributed by atoms with Crippen molar-refractivity contribution in [2.75, 3.05) is 7.11 Å².